The Labute approximate surface area is 138 Å². The van der Waals surface area contributed by atoms with Crippen molar-refractivity contribution in [3.8, 4) is 11.4 Å². The number of nitrogens with one attached hydrogen (secondary N) is 1. The minimum atomic E-state index is -0.226. The maximum Gasteiger partial charge on any atom is 0.273 e. The quantitative estimate of drug-likeness (QED) is 0.793. The van der Waals surface area contributed by atoms with Crippen molar-refractivity contribution >= 4 is 5.91 Å². The lowest BCUT2D eigenvalue weighted by Crippen LogP contribution is -2.27. The Morgan fingerprint density at radius 1 is 1.42 bits per heavy atom. The summed E-state index contributed by atoms with van der Waals surface area (Å²) in [5.41, 5.74) is 3.54. The summed E-state index contributed by atoms with van der Waals surface area (Å²) >= 11 is 0. The first-order chi connectivity index (χ1) is 11.7. The van der Waals surface area contributed by atoms with Gasteiger partial charge < -0.3 is 14.3 Å². The first-order valence-corrected chi connectivity index (χ1v) is 7.89. The van der Waals surface area contributed by atoms with Crippen LogP contribution in [-0.4, -0.2) is 21.0 Å². The van der Waals surface area contributed by atoms with Crippen LogP contribution in [0.3, 0.4) is 0 Å². The van der Waals surface area contributed by atoms with Gasteiger partial charge in [0.25, 0.3) is 5.91 Å². The third-order valence-electron chi connectivity index (χ3n) is 4.22. The Morgan fingerprint density at radius 3 is 3.08 bits per heavy atom. The van der Waals surface area contributed by atoms with Gasteiger partial charge in [0.05, 0.1) is 6.04 Å². The van der Waals surface area contributed by atoms with E-state index < -0.39 is 0 Å². The van der Waals surface area contributed by atoms with E-state index in [4.69, 9.17) is 8.94 Å². The molecule has 0 aliphatic heterocycles. The van der Waals surface area contributed by atoms with Gasteiger partial charge in [0.1, 0.15) is 6.26 Å². The average Bonchev–Trinajstić information content (AvgIpc) is 3.35. The van der Waals surface area contributed by atoms with E-state index in [1.807, 2.05) is 19.1 Å². The molecule has 0 bridgehead atoms. The zero-order valence-electron chi connectivity index (χ0n) is 13.2. The van der Waals surface area contributed by atoms with Crippen LogP contribution in [-0.2, 0) is 12.8 Å². The van der Waals surface area contributed by atoms with Gasteiger partial charge >= 0.3 is 0 Å². The van der Waals surface area contributed by atoms with Crippen LogP contribution in [0.4, 0.5) is 0 Å². The third kappa shape index (κ3) is 2.58. The van der Waals surface area contributed by atoms with Crippen LogP contribution in [0.5, 0.6) is 0 Å². The molecule has 0 fully saturated rings. The standard InChI is InChI=1S/C17H16N4O3/c1-2-15-20-16(21-24-15)11-3-5-12-10(7-11)4-6-13(12)19-17(22)14-8-23-9-18-14/h3,5,7-9,13H,2,4,6H2,1H3,(H,19,22)/t13-/m1/s1. The molecular weight excluding hydrogens is 308 g/mol. The fourth-order valence-electron chi connectivity index (χ4n) is 2.98. The van der Waals surface area contributed by atoms with E-state index in [1.54, 1.807) is 0 Å². The summed E-state index contributed by atoms with van der Waals surface area (Å²) < 4.78 is 10.0. The number of carbonyl (C=O) groups is 1. The molecule has 7 nitrogen and oxygen atoms in total. The number of amides is 1. The molecule has 7 heteroatoms. The van der Waals surface area contributed by atoms with Crippen molar-refractivity contribution in [2.24, 2.45) is 0 Å². The molecule has 1 aromatic carbocycles. The van der Waals surface area contributed by atoms with E-state index in [-0.39, 0.29) is 11.9 Å². The zero-order valence-corrected chi connectivity index (χ0v) is 13.2. The number of nitrogens with zero attached hydrogens (tertiary/aromatic N) is 3. The van der Waals surface area contributed by atoms with Crippen LogP contribution in [0.15, 0.2) is 39.8 Å². The van der Waals surface area contributed by atoms with Crippen molar-refractivity contribution < 1.29 is 13.7 Å². The summed E-state index contributed by atoms with van der Waals surface area (Å²) in [6.45, 7) is 1.97. The Morgan fingerprint density at radius 2 is 2.33 bits per heavy atom. The largest absolute Gasteiger partial charge is 0.451 e. The molecule has 24 heavy (non-hydrogen) atoms. The fraction of sp³-hybridized carbons (Fsp3) is 0.294. The molecule has 2 heterocycles. The van der Waals surface area contributed by atoms with Gasteiger partial charge in [-0.25, -0.2) is 4.98 Å². The molecule has 0 saturated heterocycles. The van der Waals surface area contributed by atoms with Gasteiger partial charge in [0, 0.05) is 12.0 Å². The monoisotopic (exact) mass is 324 g/mol. The third-order valence-corrected chi connectivity index (χ3v) is 4.22. The second-order valence-electron chi connectivity index (χ2n) is 5.72. The molecule has 1 aliphatic rings. The van der Waals surface area contributed by atoms with Gasteiger partial charge in [-0.2, -0.15) is 4.98 Å². The van der Waals surface area contributed by atoms with Crippen LogP contribution in [0.1, 0.15) is 46.9 Å². The van der Waals surface area contributed by atoms with Gasteiger partial charge in [-0.15, -0.1) is 0 Å². The summed E-state index contributed by atoms with van der Waals surface area (Å²) in [6, 6.07) is 6.04. The number of rotatable bonds is 4. The van der Waals surface area contributed by atoms with Gasteiger partial charge in [-0.05, 0) is 30.0 Å². The number of benzene rings is 1. The molecule has 122 valence electrons. The SMILES string of the molecule is CCc1nc(-c2ccc3c(c2)CC[C@H]3NC(=O)c2cocn2)no1. The zero-order chi connectivity index (χ0) is 16.5. The van der Waals surface area contributed by atoms with E-state index in [0.717, 1.165) is 24.0 Å². The van der Waals surface area contributed by atoms with Gasteiger partial charge in [0.2, 0.25) is 11.7 Å². The predicted molar refractivity (Wildman–Crippen MR) is 84.1 cm³/mol. The first-order valence-electron chi connectivity index (χ1n) is 7.89. The highest BCUT2D eigenvalue weighted by Crippen LogP contribution is 2.33. The Kier molecular flexibility index (Phi) is 3.60. The molecule has 0 unspecified atom stereocenters. The molecule has 3 aromatic rings. The summed E-state index contributed by atoms with van der Waals surface area (Å²) in [6.07, 6.45) is 5.06. The summed E-state index contributed by atoms with van der Waals surface area (Å²) in [5, 5.41) is 7.01. The Balaban J connectivity index is 1.55. The predicted octanol–water partition coefficient (Wildman–Crippen LogP) is 2.70. The number of fused-ring (bicyclic) bond motifs is 1. The molecule has 4 rings (SSSR count). The highest BCUT2D eigenvalue weighted by atomic mass is 16.5. The normalized spacial score (nSPS) is 16.1. The number of hydrogen-bond donors (Lipinski definition) is 1. The lowest BCUT2D eigenvalue weighted by Gasteiger charge is -2.13. The average molecular weight is 324 g/mol. The fourth-order valence-corrected chi connectivity index (χ4v) is 2.98. The van der Waals surface area contributed by atoms with E-state index in [1.165, 1.54) is 18.2 Å². The second kappa shape index (κ2) is 5.92. The van der Waals surface area contributed by atoms with Crippen molar-refractivity contribution in [3.05, 3.63) is 53.6 Å². The lowest BCUT2D eigenvalue weighted by molar-refractivity contribution is 0.0931. The highest BCUT2D eigenvalue weighted by Gasteiger charge is 2.25. The summed E-state index contributed by atoms with van der Waals surface area (Å²) in [4.78, 5) is 20.4. The molecular formula is C17H16N4O3. The highest BCUT2D eigenvalue weighted by molar-refractivity contribution is 5.92. The minimum absolute atomic E-state index is 0.0188. The van der Waals surface area contributed by atoms with E-state index in [9.17, 15) is 4.79 Å². The molecule has 1 amide bonds. The molecule has 1 N–H and O–H groups in total. The molecule has 0 radical (unpaired) electrons. The molecule has 1 aliphatic carbocycles. The maximum absolute atomic E-state index is 12.1. The molecule has 1 atom stereocenters. The van der Waals surface area contributed by atoms with Crippen LogP contribution in [0.25, 0.3) is 11.4 Å². The van der Waals surface area contributed by atoms with E-state index >= 15 is 0 Å². The van der Waals surface area contributed by atoms with Gasteiger partial charge in [0.15, 0.2) is 12.1 Å². The van der Waals surface area contributed by atoms with Crippen LogP contribution >= 0.6 is 0 Å². The van der Waals surface area contributed by atoms with Crippen LogP contribution < -0.4 is 5.32 Å². The maximum atomic E-state index is 12.1. The van der Waals surface area contributed by atoms with Crippen molar-refractivity contribution in [2.45, 2.75) is 32.2 Å². The molecule has 0 spiro atoms. The van der Waals surface area contributed by atoms with Crippen molar-refractivity contribution in [2.75, 3.05) is 0 Å². The number of aryl methyl sites for hydroxylation is 2. The van der Waals surface area contributed by atoms with Crippen LogP contribution in [0.2, 0.25) is 0 Å². The van der Waals surface area contributed by atoms with Gasteiger partial charge in [-0.3, -0.25) is 4.79 Å². The Bertz CT molecular complexity index is 870. The molecule has 2 aromatic heterocycles. The van der Waals surface area contributed by atoms with Crippen molar-refractivity contribution in [1.29, 1.82) is 0 Å². The number of aromatic nitrogens is 3. The number of hydrogen-bond acceptors (Lipinski definition) is 6. The first kappa shape index (κ1) is 14.6. The van der Waals surface area contributed by atoms with Crippen molar-refractivity contribution in [1.82, 2.24) is 20.4 Å². The number of carbonyl (C=O) groups excluding carboxylic acids is 1. The van der Waals surface area contributed by atoms with E-state index in [2.05, 4.69) is 26.5 Å². The smallest absolute Gasteiger partial charge is 0.273 e. The lowest BCUT2D eigenvalue weighted by atomic mass is 10.0. The van der Waals surface area contributed by atoms with Crippen LogP contribution in [0, 0.1) is 0 Å². The summed E-state index contributed by atoms with van der Waals surface area (Å²) in [7, 11) is 0. The number of oxazole rings is 1. The minimum Gasteiger partial charge on any atom is -0.451 e. The topological polar surface area (TPSA) is 94.1 Å². The Hall–Kier alpha value is -2.96. The van der Waals surface area contributed by atoms with Gasteiger partial charge in [-0.1, -0.05) is 24.2 Å². The summed E-state index contributed by atoms with van der Waals surface area (Å²) in [5.74, 6) is 1.00. The molecule has 0 saturated carbocycles. The van der Waals surface area contributed by atoms with E-state index in [0.29, 0.717) is 23.8 Å². The second-order valence-corrected chi connectivity index (χ2v) is 5.72. The van der Waals surface area contributed by atoms with Crippen molar-refractivity contribution in [3.63, 3.8) is 0 Å².